The van der Waals surface area contributed by atoms with E-state index < -0.39 is 10.7 Å². The number of ketones is 1. The largest absolute Gasteiger partial charge is 0.285 e. The summed E-state index contributed by atoms with van der Waals surface area (Å²) >= 11 is 0. The molecule has 0 aliphatic carbocycles. The predicted octanol–water partition coefficient (Wildman–Crippen LogP) is 0.339. The number of non-ortho nitro benzene ring substituents is 1. The summed E-state index contributed by atoms with van der Waals surface area (Å²) < 4.78 is 0. The molecule has 0 saturated carbocycles. The molecule has 8 heteroatoms. The zero-order chi connectivity index (χ0) is 11.5. The van der Waals surface area contributed by atoms with Crippen molar-refractivity contribution >= 4 is 11.5 Å². The number of nitro benzene ring substituents is 1. The van der Waals surface area contributed by atoms with Crippen molar-refractivity contribution in [2.24, 2.45) is 0 Å². The maximum atomic E-state index is 11.6. The van der Waals surface area contributed by atoms with Gasteiger partial charge in [-0.15, -0.1) is 10.2 Å². The second-order valence-corrected chi connectivity index (χ2v) is 2.87. The van der Waals surface area contributed by atoms with Gasteiger partial charge < -0.3 is 0 Å². The van der Waals surface area contributed by atoms with Crippen molar-refractivity contribution in [3.8, 4) is 0 Å². The van der Waals surface area contributed by atoms with E-state index in [4.69, 9.17) is 0 Å². The molecule has 0 amide bonds. The molecule has 80 valence electrons. The minimum Gasteiger partial charge on any atom is -0.285 e. The minimum absolute atomic E-state index is 0.0751. The first-order valence-corrected chi connectivity index (χ1v) is 4.21. The van der Waals surface area contributed by atoms with Gasteiger partial charge >= 0.3 is 0 Å². The lowest BCUT2D eigenvalue weighted by molar-refractivity contribution is -0.384. The highest BCUT2D eigenvalue weighted by Crippen LogP contribution is 2.13. The van der Waals surface area contributed by atoms with Crippen LogP contribution in [0.4, 0.5) is 5.69 Å². The molecule has 1 heterocycles. The molecule has 0 bridgehead atoms. The lowest BCUT2D eigenvalue weighted by Gasteiger charge is -1.95. The van der Waals surface area contributed by atoms with Crippen molar-refractivity contribution in [2.45, 2.75) is 0 Å². The van der Waals surface area contributed by atoms with Gasteiger partial charge in [0.2, 0.25) is 11.6 Å². The molecule has 1 aromatic heterocycles. The number of aromatic amines is 1. The Bertz CT molecular complexity index is 519. The van der Waals surface area contributed by atoms with E-state index in [1.54, 1.807) is 0 Å². The highest BCUT2D eigenvalue weighted by molar-refractivity contribution is 6.06. The molecule has 2 rings (SSSR count). The average molecular weight is 219 g/mol. The van der Waals surface area contributed by atoms with E-state index in [0.717, 1.165) is 0 Å². The van der Waals surface area contributed by atoms with Crippen LogP contribution in [0.3, 0.4) is 0 Å². The van der Waals surface area contributed by atoms with E-state index in [0.29, 0.717) is 0 Å². The summed E-state index contributed by atoms with van der Waals surface area (Å²) in [6.45, 7) is 0. The fraction of sp³-hybridized carbons (Fsp3) is 0. The Balaban J connectivity index is 2.29. The Labute approximate surface area is 88.4 Å². The standard InChI is InChI=1S/C8H5N5O3/c14-7(8-9-11-12-10-8)5-1-3-6(4-2-5)13(15)16/h1-4H,(H,9,10,11,12). The number of benzene rings is 1. The lowest BCUT2D eigenvalue weighted by atomic mass is 10.1. The van der Waals surface area contributed by atoms with Crippen LogP contribution >= 0.6 is 0 Å². The van der Waals surface area contributed by atoms with E-state index in [-0.39, 0.29) is 17.1 Å². The number of carbonyl (C=O) groups is 1. The van der Waals surface area contributed by atoms with Gasteiger partial charge in [0.05, 0.1) is 4.92 Å². The lowest BCUT2D eigenvalue weighted by Crippen LogP contribution is -2.03. The Morgan fingerprint density at radius 1 is 1.31 bits per heavy atom. The third-order valence-corrected chi connectivity index (χ3v) is 1.89. The first-order chi connectivity index (χ1) is 7.68. The molecule has 0 fully saturated rings. The number of rotatable bonds is 3. The van der Waals surface area contributed by atoms with Gasteiger partial charge in [-0.25, -0.2) is 0 Å². The van der Waals surface area contributed by atoms with Gasteiger partial charge in [0.25, 0.3) is 5.69 Å². The Kier molecular flexibility index (Phi) is 2.38. The normalized spacial score (nSPS) is 10.0. The third kappa shape index (κ3) is 1.75. The molecule has 1 N–H and O–H groups in total. The molecule has 0 radical (unpaired) electrons. The second kappa shape index (κ2) is 3.85. The summed E-state index contributed by atoms with van der Waals surface area (Å²) in [5.41, 5.74) is 0.191. The fourth-order valence-corrected chi connectivity index (χ4v) is 1.12. The van der Waals surface area contributed by atoms with Crippen molar-refractivity contribution < 1.29 is 9.72 Å². The Morgan fingerprint density at radius 3 is 2.50 bits per heavy atom. The van der Waals surface area contributed by atoms with E-state index in [1.165, 1.54) is 24.3 Å². The van der Waals surface area contributed by atoms with Crippen LogP contribution in [0, 0.1) is 10.1 Å². The number of hydrogen-bond acceptors (Lipinski definition) is 6. The number of nitrogens with zero attached hydrogens (tertiary/aromatic N) is 4. The van der Waals surface area contributed by atoms with Gasteiger partial charge in [0, 0.05) is 17.7 Å². The van der Waals surface area contributed by atoms with E-state index in [2.05, 4.69) is 20.6 Å². The van der Waals surface area contributed by atoms with Crippen molar-refractivity contribution in [2.75, 3.05) is 0 Å². The molecule has 1 aromatic carbocycles. The number of aromatic nitrogens is 4. The summed E-state index contributed by atoms with van der Waals surface area (Å²) in [7, 11) is 0. The summed E-state index contributed by atoms with van der Waals surface area (Å²) in [5.74, 6) is -0.516. The maximum Gasteiger partial charge on any atom is 0.269 e. The molecule has 0 spiro atoms. The van der Waals surface area contributed by atoms with Crippen LogP contribution in [0.5, 0.6) is 0 Å². The topological polar surface area (TPSA) is 115 Å². The van der Waals surface area contributed by atoms with Gasteiger partial charge in [-0.1, -0.05) is 0 Å². The van der Waals surface area contributed by atoms with Crippen molar-refractivity contribution in [3.63, 3.8) is 0 Å². The number of carbonyl (C=O) groups excluding carboxylic acids is 1. The maximum absolute atomic E-state index is 11.6. The SMILES string of the molecule is O=C(c1ccc([N+](=O)[O-])cc1)c1nn[nH]n1. The van der Waals surface area contributed by atoms with Crippen LogP contribution in [0.2, 0.25) is 0 Å². The van der Waals surface area contributed by atoms with Gasteiger partial charge in [-0.05, 0) is 17.3 Å². The summed E-state index contributed by atoms with van der Waals surface area (Å²) in [6.07, 6.45) is 0. The molecule has 0 atom stereocenters. The smallest absolute Gasteiger partial charge is 0.269 e. The molecular formula is C8H5N5O3. The number of nitrogens with one attached hydrogen (secondary N) is 1. The van der Waals surface area contributed by atoms with Gasteiger partial charge in [-0.3, -0.25) is 14.9 Å². The van der Waals surface area contributed by atoms with Gasteiger partial charge in [0.15, 0.2) is 0 Å². The third-order valence-electron chi connectivity index (χ3n) is 1.89. The molecular weight excluding hydrogens is 214 g/mol. The van der Waals surface area contributed by atoms with Crippen molar-refractivity contribution in [1.82, 2.24) is 20.6 Å². The van der Waals surface area contributed by atoms with Crippen LogP contribution in [0.1, 0.15) is 16.2 Å². The fourth-order valence-electron chi connectivity index (χ4n) is 1.12. The molecule has 16 heavy (non-hydrogen) atoms. The van der Waals surface area contributed by atoms with Crippen LogP contribution in [0.25, 0.3) is 0 Å². The summed E-state index contributed by atoms with van der Waals surface area (Å²) in [6, 6.07) is 5.17. The second-order valence-electron chi connectivity index (χ2n) is 2.87. The Morgan fingerprint density at radius 2 is 2.00 bits per heavy atom. The molecule has 0 aliphatic heterocycles. The first kappa shape index (κ1) is 9.90. The average Bonchev–Trinajstić information content (AvgIpc) is 2.81. The van der Waals surface area contributed by atoms with Crippen molar-refractivity contribution in [1.29, 1.82) is 0 Å². The Hall–Kier alpha value is -2.64. The number of H-pyrrole nitrogens is 1. The zero-order valence-corrected chi connectivity index (χ0v) is 7.82. The summed E-state index contributed by atoms with van der Waals surface area (Å²) in [4.78, 5) is 21.5. The molecule has 0 aliphatic rings. The number of nitro groups is 1. The van der Waals surface area contributed by atoms with Crippen LogP contribution in [-0.2, 0) is 0 Å². The number of hydrogen-bond donors (Lipinski definition) is 1. The van der Waals surface area contributed by atoms with Crippen LogP contribution < -0.4 is 0 Å². The molecule has 8 nitrogen and oxygen atoms in total. The minimum atomic E-state index is -0.539. The highest BCUT2D eigenvalue weighted by Gasteiger charge is 2.14. The van der Waals surface area contributed by atoms with E-state index >= 15 is 0 Å². The molecule has 0 saturated heterocycles. The van der Waals surface area contributed by atoms with Gasteiger partial charge in [0.1, 0.15) is 0 Å². The molecule has 2 aromatic rings. The molecule has 0 unspecified atom stereocenters. The highest BCUT2D eigenvalue weighted by atomic mass is 16.6. The van der Waals surface area contributed by atoms with E-state index in [9.17, 15) is 14.9 Å². The summed E-state index contributed by atoms with van der Waals surface area (Å²) in [5, 5.41) is 22.8. The van der Waals surface area contributed by atoms with Crippen LogP contribution in [0.15, 0.2) is 24.3 Å². The zero-order valence-electron chi connectivity index (χ0n) is 7.82. The predicted molar refractivity (Wildman–Crippen MR) is 50.7 cm³/mol. The number of tetrazole rings is 1. The van der Waals surface area contributed by atoms with Gasteiger partial charge in [-0.2, -0.15) is 5.21 Å². The van der Waals surface area contributed by atoms with Crippen LogP contribution in [-0.4, -0.2) is 31.3 Å². The first-order valence-electron chi connectivity index (χ1n) is 4.21. The van der Waals surface area contributed by atoms with Crippen molar-refractivity contribution in [3.05, 3.63) is 45.8 Å². The quantitative estimate of drug-likeness (QED) is 0.452. The van der Waals surface area contributed by atoms with E-state index in [1.807, 2.05) is 0 Å². The monoisotopic (exact) mass is 219 g/mol.